The molecule has 1 aliphatic rings. The number of amides is 1. The van der Waals surface area contributed by atoms with Gasteiger partial charge in [0.2, 0.25) is 0 Å². The molecule has 1 fully saturated rings. The second-order valence-electron chi connectivity index (χ2n) is 8.41. The Labute approximate surface area is 179 Å². The molecule has 5 heteroatoms. The predicted molar refractivity (Wildman–Crippen MR) is 123 cm³/mol. The number of hydrogen-bond donors (Lipinski definition) is 1. The Morgan fingerprint density at radius 3 is 2.47 bits per heavy atom. The highest BCUT2D eigenvalue weighted by molar-refractivity contribution is 5.99. The molecule has 0 saturated carbocycles. The zero-order valence-corrected chi connectivity index (χ0v) is 18.3. The van der Waals surface area contributed by atoms with Crippen LogP contribution in [0.5, 0.6) is 0 Å². The number of hydrogen-bond acceptors (Lipinski definition) is 3. The molecule has 30 heavy (non-hydrogen) atoms. The summed E-state index contributed by atoms with van der Waals surface area (Å²) in [7, 11) is 2.16. The van der Waals surface area contributed by atoms with Crippen LogP contribution >= 0.6 is 0 Å². The topological polar surface area (TPSA) is 40.5 Å². The van der Waals surface area contributed by atoms with Gasteiger partial charge in [0, 0.05) is 68.0 Å². The highest BCUT2D eigenvalue weighted by atomic mass is 16.1. The molecular formula is C25H32N4O. The van der Waals surface area contributed by atoms with Crippen LogP contribution in [0, 0.1) is 13.8 Å². The van der Waals surface area contributed by atoms with Gasteiger partial charge in [0.1, 0.15) is 0 Å². The first kappa shape index (κ1) is 20.6. The Morgan fingerprint density at radius 2 is 1.73 bits per heavy atom. The van der Waals surface area contributed by atoms with Crippen molar-refractivity contribution in [3.63, 3.8) is 0 Å². The van der Waals surface area contributed by atoms with Crippen LogP contribution in [-0.2, 0) is 6.54 Å². The number of piperazine rings is 1. The summed E-state index contributed by atoms with van der Waals surface area (Å²) >= 11 is 0. The van der Waals surface area contributed by atoms with E-state index in [1.165, 1.54) is 22.3 Å². The van der Waals surface area contributed by atoms with Crippen LogP contribution in [-0.4, -0.2) is 66.6 Å². The zero-order chi connectivity index (χ0) is 21.1. The average Bonchev–Trinajstić information content (AvgIpc) is 3.00. The molecule has 1 amide bonds. The molecule has 1 saturated heterocycles. The summed E-state index contributed by atoms with van der Waals surface area (Å²) in [6, 6.07) is 16.6. The van der Waals surface area contributed by atoms with E-state index in [4.69, 9.17) is 0 Å². The van der Waals surface area contributed by atoms with Crippen LogP contribution in [0.15, 0.2) is 48.5 Å². The Hall–Kier alpha value is -2.63. The minimum atomic E-state index is 0.0129. The fourth-order valence-corrected chi connectivity index (χ4v) is 4.26. The highest BCUT2D eigenvalue weighted by Gasteiger charge is 2.16. The van der Waals surface area contributed by atoms with Crippen LogP contribution < -0.4 is 5.32 Å². The van der Waals surface area contributed by atoms with Gasteiger partial charge < -0.3 is 14.8 Å². The lowest BCUT2D eigenvalue weighted by atomic mass is 10.1. The molecule has 1 N–H and O–H groups in total. The summed E-state index contributed by atoms with van der Waals surface area (Å²) in [6.07, 6.45) is 0. The van der Waals surface area contributed by atoms with Crippen molar-refractivity contribution in [2.24, 2.45) is 0 Å². The number of aromatic nitrogens is 1. The van der Waals surface area contributed by atoms with Crippen LogP contribution in [0.4, 0.5) is 0 Å². The maximum atomic E-state index is 12.7. The summed E-state index contributed by atoms with van der Waals surface area (Å²) in [5.74, 6) is 0.0129. The van der Waals surface area contributed by atoms with Gasteiger partial charge in [-0.05, 0) is 50.2 Å². The first-order valence-corrected chi connectivity index (χ1v) is 10.9. The standard InChI is InChI=1S/C25H32N4O/c1-19-20(2)29(18-21-7-5-4-6-8-21)24-10-9-22(17-23(19)24)25(30)26-11-12-28-15-13-27(3)14-16-28/h4-10,17H,11-16,18H2,1-3H3,(H,26,30). The third-order valence-electron chi connectivity index (χ3n) is 6.39. The van der Waals surface area contributed by atoms with E-state index in [9.17, 15) is 4.79 Å². The average molecular weight is 405 g/mol. The van der Waals surface area contributed by atoms with E-state index in [0.29, 0.717) is 6.54 Å². The van der Waals surface area contributed by atoms with Gasteiger partial charge in [-0.15, -0.1) is 0 Å². The number of rotatable bonds is 6. The lowest BCUT2D eigenvalue weighted by molar-refractivity contribution is 0.0941. The van der Waals surface area contributed by atoms with E-state index in [-0.39, 0.29) is 5.91 Å². The summed E-state index contributed by atoms with van der Waals surface area (Å²) in [4.78, 5) is 17.5. The van der Waals surface area contributed by atoms with Gasteiger partial charge in [-0.25, -0.2) is 0 Å². The summed E-state index contributed by atoms with van der Waals surface area (Å²) in [5.41, 5.74) is 5.70. The second-order valence-corrected chi connectivity index (χ2v) is 8.41. The Balaban J connectivity index is 1.45. The smallest absolute Gasteiger partial charge is 0.251 e. The molecule has 0 aliphatic carbocycles. The second kappa shape index (κ2) is 9.02. The van der Waals surface area contributed by atoms with Crippen molar-refractivity contribution < 1.29 is 4.79 Å². The van der Waals surface area contributed by atoms with Crippen molar-refractivity contribution in [3.8, 4) is 0 Å². The first-order valence-electron chi connectivity index (χ1n) is 10.9. The van der Waals surface area contributed by atoms with Gasteiger partial charge in [0.25, 0.3) is 5.91 Å². The van der Waals surface area contributed by atoms with Crippen LogP contribution in [0.25, 0.3) is 10.9 Å². The van der Waals surface area contributed by atoms with E-state index in [1.807, 2.05) is 18.2 Å². The minimum Gasteiger partial charge on any atom is -0.351 e. The number of aryl methyl sites for hydroxylation is 1. The molecule has 0 spiro atoms. The van der Waals surface area contributed by atoms with Gasteiger partial charge in [0.05, 0.1) is 0 Å². The fourth-order valence-electron chi connectivity index (χ4n) is 4.26. The van der Waals surface area contributed by atoms with Gasteiger partial charge in [-0.3, -0.25) is 9.69 Å². The molecule has 0 atom stereocenters. The molecule has 158 valence electrons. The lowest BCUT2D eigenvalue weighted by Crippen LogP contribution is -2.46. The zero-order valence-electron chi connectivity index (χ0n) is 18.3. The third kappa shape index (κ3) is 4.42. The highest BCUT2D eigenvalue weighted by Crippen LogP contribution is 2.27. The van der Waals surface area contributed by atoms with Crippen molar-refractivity contribution in [3.05, 3.63) is 70.9 Å². The number of nitrogens with zero attached hydrogens (tertiary/aromatic N) is 3. The van der Waals surface area contributed by atoms with Gasteiger partial charge in [0.15, 0.2) is 0 Å². The third-order valence-corrected chi connectivity index (χ3v) is 6.39. The van der Waals surface area contributed by atoms with E-state index in [2.05, 4.69) is 70.9 Å². The number of benzene rings is 2. The van der Waals surface area contributed by atoms with E-state index >= 15 is 0 Å². The van der Waals surface area contributed by atoms with Gasteiger partial charge >= 0.3 is 0 Å². The largest absolute Gasteiger partial charge is 0.351 e. The molecular weight excluding hydrogens is 372 g/mol. The molecule has 4 rings (SSSR count). The van der Waals surface area contributed by atoms with Crippen LogP contribution in [0.1, 0.15) is 27.2 Å². The lowest BCUT2D eigenvalue weighted by Gasteiger charge is -2.32. The van der Waals surface area contributed by atoms with Gasteiger partial charge in [-0.2, -0.15) is 0 Å². The van der Waals surface area contributed by atoms with E-state index in [0.717, 1.165) is 50.2 Å². The number of carbonyl (C=O) groups excluding carboxylic acids is 1. The molecule has 2 heterocycles. The fraction of sp³-hybridized carbons (Fsp3) is 0.400. The molecule has 5 nitrogen and oxygen atoms in total. The number of fused-ring (bicyclic) bond motifs is 1. The summed E-state index contributed by atoms with van der Waals surface area (Å²) < 4.78 is 2.34. The van der Waals surface area contributed by atoms with E-state index < -0.39 is 0 Å². The SMILES string of the molecule is Cc1c(C)n(Cc2ccccc2)c2ccc(C(=O)NCCN3CCN(C)CC3)cc12. The van der Waals surface area contributed by atoms with Crippen molar-refractivity contribution >= 4 is 16.8 Å². The number of nitrogens with one attached hydrogen (secondary N) is 1. The first-order chi connectivity index (χ1) is 14.5. The molecule has 0 radical (unpaired) electrons. The van der Waals surface area contributed by atoms with Crippen LogP contribution in [0.3, 0.4) is 0 Å². The number of likely N-dealkylation sites (N-methyl/N-ethyl adjacent to an activating group) is 1. The van der Waals surface area contributed by atoms with Crippen molar-refractivity contribution in [1.29, 1.82) is 0 Å². The summed E-state index contributed by atoms with van der Waals surface area (Å²) in [6.45, 7) is 11.1. The Morgan fingerprint density at radius 1 is 1.00 bits per heavy atom. The summed E-state index contributed by atoms with van der Waals surface area (Å²) in [5, 5.41) is 4.26. The molecule has 1 aliphatic heterocycles. The molecule has 3 aromatic rings. The Bertz CT molecular complexity index is 1020. The van der Waals surface area contributed by atoms with Crippen molar-refractivity contribution in [2.45, 2.75) is 20.4 Å². The maximum absolute atomic E-state index is 12.7. The number of carbonyl (C=O) groups is 1. The van der Waals surface area contributed by atoms with Crippen LogP contribution in [0.2, 0.25) is 0 Å². The van der Waals surface area contributed by atoms with Gasteiger partial charge in [-0.1, -0.05) is 30.3 Å². The minimum absolute atomic E-state index is 0.0129. The monoisotopic (exact) mass is 404 g/mol. The molecule has 0 unspecified atom stereocenters. The molecule has 0 bridgehead atoms. The quantitative estimate of drug-likeness (QED) is 0.685. The normalized spacial score (nSPS) is 15.6. The van der Waals surface area contributed by atoms with Crippen molar-refractivity contribution in [1.82, 2.24) is 19.7 Å². The molecule has 2 aromatic carbocycles. The van der Waals surface area contributed by atoms with E-state index in [1.54, 1.807) is 0 Å². The van der Waals surface area contributed by atoms with Crippen molar-refractivity contribution in [2.75, 3.05) is 46.3 Å². The Kier molecular flexibility index (Phi) is 6.21. The predicted octanol–water partition coefficient (Wildman–Crippen LogP) is 3.28. The molecule has 1 aromatic heterocycles. The maximum Gasteiger partial charge on any atom is 0.251 e.